The number of rotatable bonds is 4. The first-order valence-electron chi connectivity index (χ1n) is 8.06. The third kappa shape index (κ3) is 4.10. The standard InChI is InChI=1S/C18H22N4O2/c1-22(19)7-4-13-2-3-15-12-20-17(11-16(15)10-13)21-18(23)14-5-8-24-9-6-14/h2-4,7,10-12,14H,5-6,8-9,19H2,1H3,(H,20,21,23)/b7-4+. The van der Waals surface area contributed by atoms with E-state index >= 15 is 0 Å². The number of aromatic nitrogens is 1. The molecule has 3 rings (SSSR count). The number of nitrogens with two attached hydrogens (primary N) is 1. The minimum atomic E-state index is 0.00519. The molecule has 1 aromatic carbocycles. The molecule has 0 spiro atoms. The fourth-order valence-corrected chi connectivity index (χ4v) is 2.72. The van der Waals surface area contributed by atoms with E-state index in [2.05, 4.69) is 10.3 Å². The molecule has 0 aliphatic carbocycles. The first-order chi connectivity index (χ1) is 11.6. The number of hydrogen-bond acceptors (Lipinski definition) is 5. The summed E-state index contributed by atoms with van der Waals surface area (Å²) in [5, 5.41) is 6.47. The van der Waals surface area contributed by atoms with Gasteiger partial charge >= 0.3 is 0 Å². The van der Waals surface area contributed by atoms with Gasteiger partial charge in [-0.3, -0.25) is 4.79 Å². The average Bonchev–Trinajstić information content (AvgIpc) is 2.60. The monoisotopic (exact) mass is 326 g/mol. The first-order valence-corrected chi connectivity index (χ1v) is 8.06. The van der Waals surface area contributed by atoms with Crippen LogP contribution in [0.2, 0.25) is 0 Å². The van der Waals surface area contributed by atoms with E-state index in [1.165, 1.54) is 5.01 Å². The minimum absolute atomic E-state index is 0.00519. The summed E-state index contributed by atoms with van der Waals surface area (Å²) in [5.74, 6) is 6.19. The maximum absolute atomic E-state index is 12.3. The van der Waals surface area contributed by atoms with E-state index in [-0.39, 0.29) is 11.8 Å². The molecule has 126 valence electrons. The lowest BCUT2D eigenvalue weighted by atomic mass is 9.99. The molecule has 0 radical (unpaired) electrons. The number of benzene rings is 1. The number of amides is 1. The van der Waals surface area contributed by atoms with Crippen LogP contribution in [0, 0.1) is 5.92 Å². The maximum Gasteiger partial charge on any atom is 0.228 e. The Labute approximate surface area is 141 Å². The molecule has 1 amide bonds. The minimum Gasteiger partial charge on any atom is -0.381 e. The first kappa shape index (κ1) is 16.4. The van der Waals surface area contributed by atoms with Gasteiger partial charge in [0.05, 0.1) is 0 Å². The fourth-order valence-electron chi connectivity index (χ4n) is 2.72. The molecule has 24 heavy (non-hydrogen) atoms. The zero-order chi connectivity index (χ0) is 16.9. The SMILES string of the molecule is CN(N)/C=C/c1ccc2cnc(NC(=O)C3CCOCC3)cc2c1. The summed E-state index contributed by atoms with van der Waals surface area (Å²) in [7, 11) is 1.77. The Morgan fingerprint density at radius 2 is 2.12 bits per heavy atom. The van der Waals surface area contributed by atoms with Crippen LogP contribution in [0.1, 0.15) is 18.4 Å². The second-order valence-corrected chi connectivity index (χ2v) is 6.03. The highest BCUT2D eigenvalue weighted by Crippen LogP contribution is 2.21. The topological polar surface area (TPSA) is 80.5 Å². The van der Waals surface area contributed by atoms with Crippen LogP contribution in [-0.4, -0.2) is 36.2 Å². The molecule has 3 N–H and O–H groups in total. The number of carbonyl (C=O) groups is 1. The van der Waals surface area contributed by atoms with E-state index in [0.29, 0.717) is 19.0 Å². The van der Waals surface area contributed by atoms with Gasteiger partial charge in [-0.2, -0.15) is 0 Å². The van der Waals surface area contributed by atoms with Gasteiger partial charge in [-0.25, -0.2) is 10.8 Å². The molecule has 2 heterocycles. The van der Waals surface area contributed by atoms with Gasteiger partial charge in [0.15, 0.2) is 0 Å². The molecular weight excluding hydrogens is 304 g/mol. The number of ether oxygens (including phenoxy) is 1. The van der Waals surface area contributed by atoms with Crippen molar-refractivity contribution >= 4 is 28.6 Å². The van der Waals surface area contributed by atoms with Gasteiger partial charge in [-0.15, -0.1) is 0 Å². The van der Waals surface area contributed by atoms with Crippen LogP contribution in [0.4, 0.5) is 5.82 Å². The highest BCUT2D eigenvalue weighted by Gasteiger charge is 2.21. The number of pyridine rings is 1. The van der Waals surface area contributed by atoms with E-state index in [1.54, 1.807) is 19.4 Å². The third-order valence-electron chi connectivity index (χ3n) is 4.09. The Bertz CT molecular complexity index is 752. The molecule has 6 heteroatoms. The molecule has 1 aliphatic rings. The quantitative estimate of drug-likeness (QED) is 0.666. The normalized spacial score (nSPS) is 15.8. The lowest BCUT2D eigenvalue weighted by Crippen LogP contribution is -2.28. The number of hydrogen-bond donors (Lipinski definition) is 2. The van der Waals surface area contributed by atoms with Crippen molar-refractivity contribution < 1.29 is 9.53 Å². The molecule has 0 unspecified atom stereocenters. The summed E-state index contributed by atoms with van der Waals surface area (Å²) in [4.78, 5) is 16.6. The summed E-state index contributed by atoms with van der Waals surface area (Å²) in [6.45, 7) is 1.29. The summed E-state index contributed by atoms with van der Waals surface area (Å²) >= 11 is 0. The van der Waals surface area contributed by atoms with Gasteiger partial charge in [0.2, 0.25) is 5.91 Å². The average molecular weight is 326 g/mol. The van der Waals surface area contributed by atoms with Crippen molar-refractivity contribution in [1.29, 1.82) is 0 Å². The zero-order valence-corrected chi connectivity index (χ0v) is 13.7. The van der Waals surface area contributed by atoms with E-state index in [9.17, 15) is 4.79 Å². The van der Waals surface area contributed by atoms with Crippen LogP contribution < -0.4 is 11.2 Å². The highest BCUT2D eigenvalue weighted by atomic mass is 16.5. The molecule has 0 saturated carbocycles. The van der Waals surface area contributed by atoms with E-state index in [0.717, 1.165) is 29.2 Å². The number of anilines is 1. The lowest BCUT2D eigenvalue weighted by molar-refractivity contribution is -0.122. The van der Waals surface area contributed by atoms with Crippen molar-refractivity contribution in [3.8, 4) is 0 Å². The van der Waals surface area contributed by atoms with Gasteiger partial charge < -0.3 is 15.1 Å². The second kappa shape index (κ2) is 7.42. The molecule has 0 atom stereocenters. The van der Waals surface area contributed by atoms with Crippen molar-refractivity contribution in [2.45, 2.75) is 12.8 Å². The van der Waals surface area contributed by atoms with Crippen LogP contribution in [0.3, 0.4) is 0 Å². The van der Waals surface area contributed by atoms with E-state index in [1.807, 2.05) is 30.3 Å². The molecule has 2 aromatic rings. The number of carbonyl (C=O) groups excluding carboxylic acids is 1. The maximum atomic E-state index is 12.3. The Balaban J connectivity index is 1.77. The summed E-state index contributed by atoms with van der Waals surface area (Å²) in [5.41, 5.74) is 1.03. The zero-order valence-electron chi connectivity index (χ0n) is 13.7. The number of nitrogens with zero attached hydrogens (tertiary/aromatic N) is 2. The molecule has 1 fully saturated rings. The van der Waals surface area contributed by atoms with E-state index in [4.69, 9.17) is 10.6 Å². The van der Waals surface area contributed by atoms with Crippen molar-refractivity contribution in [1.82, 2.24) is 9.99 Å². The van der Waals surface area contributed by atoms with Crippen LogP contribution >= 0.6 is 0 Å². The molecule has 6 nitrogen and oxygen atoms in total. The molecule has 0 bridgehead atoms. The smallest absolute Gasteiger partial charge is 0.228 e. The summed E-state index contributed by atoms with van der Waals surface area (Å²) < 4.78 is 5.30. The van der Waals surface area contributed by atoms with Gasteiger partial charge in [0.1, 0.15) is 5.82 Å². The lowest BCUT2D eigenvalue weighted by Gasteiger charge is -2.21. The second-order valence-electron chi connectivity index (χ2n) is 6.03. The Kier molecular flexibility index (Phi) is 5.08. The third-order valence-corrected chi connectivity index (χ3v) is 4.09. The van der Waals surface area contributed by atoms with Crippen LogP contribution in [0.25, 0.3) is 16.8 Å². The number of nitrogens with one attached hydrogen (secondary N) is 1. The Morgan fingerprint density at radius 1 is 1.33 bits per heavy atom. The Hall–Kier alpha value is -2.44. The van der Waals surface area contributed by atoms with Crippen LogP contribution in [0.15, 0.2) is 36.7 Å². The molecule has 1 saturated heterocycles. The highest BCUT2D eigenvalue weighted by molar-refractivity contribution is 5.94. The van der Waals surface area contributed by atoms with Gasteiger partial charge in [0, 0.05) is 44.0 Å². The molecule has 1 aromatic heterocycles. The predicted molar refractivity (Wildman–Crippen MR) is 94.9 cm³/mol. The van der Waals surface area contributed by atoms with Crippen molar-refractivity contribution in [2.24, 2.45) is 11.8 Å². The van der Waals surface area contributed by atoms with Crippen molar-refractivity contribution in [2.75, 3.05) is 25.6 Å². The summed E-state index contributed by atoms with van der Waals surface area (Å²) in [6, 6.07) is 7.95. The molecular formula is C18H22N4O2. The van der Waals surface area contributed by atoms with Crippen molar-refractivity contribution in [3.05, 3.63) is 42.2 Å². The fraction of sp³-hybridized carbons (Fsp3) is 0.333. The van der Waals surface area contributed by atoms with Gasteiger partial charge in [-0.1, -0.05) is 12.1 Å². The van der Waals surface area contributed by atoms with Crippen LogP contribution in [-0.2, 0) is 9.53 Å². The number of fused-ring (bicyclic) bond motifs is 1. The molecule has 1 aliphatic heterocycles. The van der Waals surface area contributed by atoms with E-state index < -0.39 is 0 Å². The van der Waals surface area contributed by atoms with Gasteiger partial charge in [-0.05, 0) is 42.0 Å². The predicted octanol–water partition coefficient (Wildman–Crippen LogP) is 2.38. The van der Waals surface area contributed by atoms with Crippen LogP contribution in [0.5, 0.6) is 0 Å². The Morgan fingerprint density at radius 3 is 2.88 bits per heavy atom. The van der Waals surface area contributed by atoms with Gasteiger partial charge in [0.25, 0.3) is 0 Å². The largest absolute Gasteiger partial charge is 0.381 e. The van der Waals surface area contributed by atoms with Crippen molar-refractivity contribution in [3.63, 3.8) is 0 Å². The summed E-state index contributed by atoms with van der Waals surface area (Å²) in [6.07, 6.45) is 7.02. The number of hydrazine groups is 1.